The maximum Gasteiger partial charge on any atom is 0.194 e. The van der Waals surface area contributed by atoms with Gasteiger partial charge < -0.3 is 47.9 Å². The third kappa shape index (κ3) is 49.0. The zero-order valence-electron chi connectivity index (χ0n) is 63.6. The molecule has 0 fully saturated rings. The molecule has 4 N–H and O–H groups in total. The molecule has 0 atom stereocenters. The summed E-state index contributed by atoms with van der Waals surface area (Å²) in [6, 6.07) is 26.4. The van der Waals surface area contributed by atoms with Crippen LogP contribution in [0.3, 0.4) is 0 Å². The Kier molecular flexibility index (Phi) is 56.3. The van der Waals surface area contributed by atoms with E-state index < -0.39 is 0 Å². The fourth-order valence-electron chi connectivity index (χ4n) is 8.45. The van der Waals surface area contributed by atoms with Gasteiger partial charge in [0.2, 0.25) is 0 Å². The first-order valence-electron chi connectivity index (χ1n) is 36.5. The highest BCUT2D eigenvalue weighted by Crippen LogP contribution is 2.11. The van der Waals surface area contributed by atoms with E-state index in [-0.39, 0.29) is 17.5 Å². The van der Waals surface area contributed by atoms with Gasteiger partial charge in [0.25, 0.3) is 0 Å². The number of aromatic nitrogens is 8. The van der Waals surface area contributed by atoms with E-state index in [0.29, 0.717) is 13.1 Å². The first-order valence-corrected chi connectivity index (χ1v) is 36.5. The highest BCUT2D eigenvalue weighted by atomic mass is 19.1. The summed E-state index contributed by atoms with van der Waals surface area (Å²) in [4.78, 5) is 27.9. The molecule has 0 saturated carbocycles. The molecule has 0 radical (unpaired) electrons. The SMILES string of the molecule is CCCCc1cccn1C.CCCCc1cnc(C)o1.CCCCc1cnco1.CCCCc1nc(C)co1.CCCCc1ncc(C)o1.CCCCc1ncco1.CCNCc1ccc(F)cc1.CCNCc1ccccc1F.CCNCc1ccccc1F.CCNCc1ccncn1. The van der Waals surface area contributed by atoms with Crippen molar-refractivity contribution in [2.75, 3.05) is 26.2 Å². The number of unbranched alkanes of at least 4 members (excludes halogenated alkanes) is 6. The fourth-order valence-corrected chi connectivity index (χ4v) is 8.45. The van der Waals surface area contributed by atoms with Crippen LogP contribution in [0.2, 0.25) is 0 Å². The van der Waals surface area contributed by atoms with Crippen molar-refractivity contribution in [3.05, 3.63) is 245 Å². The van der Waals surface area contributed by atoms with Crippen molar-refractivity contribution in [2.45, 2.75) is 232 Å². The molecule has 0 spiro atoms. The molecule has 10 rings (SSSR count). The predicted octanol–water partition coefficient (Wildman–Crippen LogP) is 19.8. The molecule has 7 heterocycles. The van der Waals surface area contributed by atoms with Crippen molar-refractivity contribution in [1.29, 1.82) is 0 Å². The Hall–Kier alpha value is -8.30. The maximum atomic E-state index is 12.9. The highest BCUT2D eigenvalue weighted by molar-refractivity contribution is 5.18. The molecule has 101 heavy (non-hydrogen) atoms. The van der Waals surface area contributed by atoms with Crippen molar-refractivity contribution >= 4 is 0 Å². The monoisotopic (exact) mass is 1400 g/mol. The Morgan fingerprint density at radius 2 is 0.990 bits per heavy atom. The van der Waals surface area contributed by atoms with Crippen LogP contribution in [0.25, 0.3) is 0 Å². The molecular formula is C81H123F3N12O5. The molecular weight excluding hydrogens is 1280 g/mol. The van der Waals surface area contributed by atoms with Crippen LogP contribution in [0.15, 0.2) is 176 Å². The van der Waals surface area contributed by atoms with Crippen LogP contribution in [-0.4, -0.2) is 65.6 Å². The smallest absolute Gasteiger partial charge is 0.194 e. The molecule has 0 aliphatic rings. The third-order valence-electron chi connectivity index (χ3n) is 14.3. The topological polar surface area (TPSA) is 209 Å². The number of halogens is 3. The second-order valence-corrected chi connectivity index (χ2v) is 23.3. The first kappa shape index (κ1) is 90.7. The molecule has 0 amide bonds. The number of nitrogens with one attached hydrogen (secondary N) is 4. The molecule has 0 saturated heterocycles. The summed E-state index contributed by atoms with van der Waals surface area (Å²) >= 11 is 0. The quantitative estimate of drug-likeness (QED) is 0.0330. The van der Waals surface area contributed by atoms with Crippen LogP contribution in [-0.2, 0) is 71.8 Å². The fraction of sp³-hybridized carbons (Fsp3) is 0.494. The van der Waals surface area contributed by atoms with Crippen LogP contribution in [0.1, 0.15) is 221 Å². The van der Waals surface area contributed by atoms with E-state index >= 15 is 0 Å². The minimum absolute atomic E-state index is 0.131. The van der Waals surface area contributed by atoms with E-state index in [0.717, 1.165) is 140 Å². The summed E-state index contributed by atoms with van der Waals surface area (Å²) in [5, 5.41) is 12.5. The van der Waals surface area contributed by atoms with Gasteiger partial charge in [-0.3, -0.25) is 0 Å². The zero-order valence-corrected chi connectivity index (χ0v) is 63.6. The van der Waals surface area contributed by atoms with Crippen LogP contribution in [0, 0.1) is 38.2 Å². The molecule has 0 unspecified atom stereocenters. The van der Waals surface area contributed by atoms with Gasteiger partial charge in [0, 0.05) is 101 Å². The van der Waals surface area contributed by atoms with Gasteiger partial charge in [-0.15, -0.1) is 0 Å². The van der Waals surface area contributed by atoms with E-state index in [2.05, 4.69) is 135 Å². The number of hydrogen-bond acceptors (Lipinski definition) is 16. The number of hydrogen-bond donors (Lipinski definition) is 4. The van der Waals surface area contributed by atoms with Crippen molar-refractivity contribution in [3.8, 4) is 0 Å². The Morgan fingerprint density at radius 1 is 0.446 bits per heavy atom. The van der Waals surface area contributed by atoms with Gasteiger partial charge >= 0.3 is 0 Å². The molecule has 17 nitrogen and oxygen atoms in total. The minimum atomic E-state index is -0.176. The molecule has 7 aromatic heterocycles. The standard InChI is InChI=1S/3C9H12FN.C9H15N.3C8H13NO.C7H11N3.2C7H11NO/c1-2-11-7-8-3-5-9(10)6-4-8;2*1-2-11-7-8-5-3-4-6-9(8)10;1-3-4-6-9-7-5-8-10(9)2;1-3-4-5-8-6-9-7(2)10-8;1-3-4-5-8-9-7(2)6-10-8;1-3-4-5-8-9-6-7(2)10-8;1-2-8-5-7-3-4-9-6-10-7;1-2-3-4-7-5-8-6-9-7;1-2-3-4-7-8-5-6-9-7/h3*3-6,11H,2,7H2,1H3;5,7-8H,3-4,6H2,1-2H3;3*6H,3-5H2,1-2H3;3-4,6,8H,2,5H2,1H3;2*5-6H,2-4H2,1H3. The van der Waals surface area contributed by atoms with Crippen LogP contribution in [0.5, 0.6) is 0 Å². The molecule has 20 heteroatoms. The Bertz CT molecular complexity index is 3180. The second kappa shape index (κ2) is 62.7. The number of nitrogens with zero attached hydrogens (tertiary/aromatic N) is 8. The molecule has 558 valence electrons. The Morgan fingerprint density at radius 3 is 1.45 bits per heavy atom. The number of benzene rings is 3. The zero-order chi connectivity index (χ0) is 74.2. The Labute approximate surface area is 603 Å². The van der Waals surface area contributed by atoms with Gasteiger partial charge in [0.05, 0.1) is 36.2 Å². The van der Waals surface area contributed by atoms with Crippen molar-refractivity contribution in [2.24, 2.45) is 7.05 Å². The van der Waals surface area contributed by atoms with E-state index in [1.807, 2.05) is 65.9 Å². The first-order chi connectivity index (χ1) is 49.1. The third-order valence-corrected chi connectivity index (χ3v) is 14.3. The Balaban J connectivity index is 0.000000561. The molecule has 0 aliphatic heterocycles. The van der Waals surface area contributed by atoms with Gasteiger partial charge in [0.15, 0.2) is 30.0 Å². The summed E-state index contributed by atoms with van der Waals surface area (Å²) < 4.78 is 66.1. The maximum absolute atomic E-state index is 12.9. The highest BCUT2D eigenvalue weighted by Gasteiger charge is 2.03. The van der Waals surface area contributed by atoms with E-state index in [1.165, 1.54) is 120 Å². The van der Waals surface area contributed by atoms with Gasteiger partial charge in [-0.1, -0.05) is 156 Å². The lowest BCUT2D eigenvalue weighted by molar-refractivity contribution is 0.464. The van der Waals surface area contributed by atoms with Gasteiger partial charge in [-0.25, -0.2) is 48.1 Å². The molecule has 0 aliphatic carbocycles. The normalized spacial score (nSPS) is 10.0. The van der Waals surface area contributed by atoms with Crippen molar-refractivity contribution < 1.29 is 35.3 Å². The lowest BCUT2D eigenvalue weighted by atomic mass is 10.2. The number of oxazole rings is 5. The van der Waals surface area contributed by atoms with E-state index in [4.69, 9.17) is 22.1 Å². The molecule has 10 aromatic rings. The van der Waals surface area contributed by atoms with Crippen LogP contribution < -0.4 is 21.3 Å². The van der Waals surface area contributed by atoms with Gasteiger partial charge in [0.1, 0.15) is 53.6 Å². The summed E-state index contributed by atoms with van der Waals surface area (Å²) in [6.45, 7) is 33.4. The second-order valence-electron chi connectivity index (χ2n) is 23.3. The lowest BCUT2D eigenvalue weighted by Gasteiger charge is -2.01. The van der Waals surface area contributed by atoms with Gasteiger partial charge in [-0.2, -0.15) is 0 Å². The predicted molar refractivity (Wildman–Crippen MR) is 405 cm³/mol. The summed E-state index contributed by atoms with van der Waals surface area (Å²) in [5.74, 6) is 5.86. The van der Waals surface area contributed by atoms with Crippen LogP contribution >= 0.6 is 0 Å². The molecule has 0 bridgehead atoms. The average Bonchev–Trinajstić information content (AvgIpc) is 2.06. The van der Waals surface area contributed by atoms with Crippen LogP contribution in [0.4, 0.5) is 13.2 Å². The van der Waals surface area contributed by atoms with Gasteiger partial charge in [-0.05, 0) is 133 Å². The summed E-state index contributed by atoms with van der Waals surface area (Å²) in [5.41, 5.74) is 6.04. The van der Waals surface area contributed by atoms with E-state index in [9.17, 15) is 13.2 Å². The largest absolute Gasteiger partial charge is 0.449 e. The van der Waals surface area contributed by atoms with Crippen molar-refractivity contribution in [3.63, 3.8) is 0 Å². The minimum Gasteiger partial charge on any atom is -0.449 e. The average molecular weight is 1400 g/mol. The number of rotatable bonds is 30. The summed E-state index contributed by atoms with van der Waals surface area (Å²) in [7, 11) is 2.10. The number of aryl methyl sites for hydroxylation is 10. The van der Waals surface area contributed by atoms with Crippen molar-refractivity contribution in [1.82, 2.24) is 60.7 Å². The molecule has 3 aromatic carbocycles. The summed E-state index contributed by atoms with van der Waals surface area (Å²) in [6.07, 6.45) is 37.9. The lowest BCUT2D eigenvalue weighted by Crippen LogP contribution is -2.12. The van der Waals surface area contributed by atoms with E-state index in [1.54, 1.807) is 80.0 Å².